The Morgan fingerprint density at radius 2 is 1.49 bits per heavy atom. The first-order valence-electron chi connectivity index (χ1n) is 12.1. The molecule has 0 radical (unpaired) electrons. The number of methoxy groups -OCH3 is 2. The molecule has 2 atom stereocenters. The lowest BCUT2D eigenvalue weighted by Crippen LogP contribution is -2.48. The van der Waals surface area contributed by atoms with Crippen molar-refractivity contribution in [3.8, 4) is 0 Å². The molecule has 0 unspecified atom stereocenters. The van der Waals surface area contributed by atoms with Crippen LogP contribution in [0.1, 0.15) is 45.6 Å². The molecule has 0 aliphatic heterocycles. The van der Waals surface area contributed by atoms with Crippen LogP contribution in [0.4, 0.5) is 4.79 Å². The minimum Gasteiger partial charge on any atom is -0.467 e. The number of nitrogens with zero attached hydrogens (tertiary/aromatic N) is 1. The fourth-order valence-electron chi connectivity index (χ4n) is 3.14. The quantitative estimate of drug-likeness (QED) is 0.267. The number of ether oxygens (including phenoxy) is 4. The van der Waals surface area contributed by atoms with E-state index in [0.29, 0.717) is 0 Å². The molecule has 1 rings (SSSR count). The van der Waals surface area contributed by atoms with Crippen molar-refractivity contribution in [2.75, 3.05) is 27.8 Å². The van der Waals surface area contributed by atoms with Crippen molar-refractivity contribution in [2.24, 2.45) is 0 Å². The highest BCUT2D eigenvalue weighted by atomic mass is 16.6. The molecular weight excluding hydrogens is 514 g/mol. The van der Waals surface area contributed by atoms with Gasteiger partial charge >= 0.3 is 24.0 Å². The average molecular weight is 552 g/mol. The van der Waals surface area contributed by atoms with Crippen LogP contribution in [0, 0.1) is 0 Å². The first-order chi connectivity index (χ1) is 18.2. The molecule has 13 heteroatoms. The van der Waals surface area contributed by atoms with Crippen LogP contribution in [0.5, 0.6) is 0 Å². The lowest BCUT2D eigenvalue weighted by Gasteiger charge is -2.23. The molecule has 1 aromatic carbocycles. The Bertz CT molecular complexity index is 1010. The van der Waals surface area contributed by atoms with Crippen molar-refractivity contribution >= 4 is 35.8 Å². The molecule has 0 saturated heterocycles. The molecule has 1 aromatic rings. The Morgan fingerprint density at radius 3 is 2.05 bits per heavy atom. The highest BCUT2D eigenvalue weighted by molar-refractivity contribution is 5.90. The Kier molecular flexibility index (Phi) is 13.4. The van der Waals surface area contributed by atoms with E-state index < -0.39 is 66.5 Å². The molecule has 216 valence electrons. The standard InChI is InChI=1S/C26H37N3O10/c1-26(2,3)39-25(35)28-18(23(33)36-5)12-13-21(31)29(4)15-20(30)27-19(24(34)37-6)14-22(32)38-16-17-10-8-7-9-11-17/h7-11,18-19H,12-16H2,1-6H3,(H,27,30)(H,28,35)/t18-,19-/m1/s1. The first kappa shape index (κ1) is 32.9. The maximum Gasteiger partial charge on any atom is 0.408 e. The molecular formula is C26H37N3O10. The van der Waals surface area contributed by atoms with E-state index in [1.54, 1.807) is 45.0 Å². The van der Waals surface area contributed by atoms with Gasteiger partial charge in [-0.25, -0.2) is 14.4 Å². The summed E-state index contributed by atoms with van der Waals surface area (Å²) in [5, 5.41) is 4.73. The van der Waals surface area contributed by atoms with Crippen molar-refractivity contribution < 1.29 is 47.7 Å². The maximum absolute atomic E-state index is 12.6. The summed E-state index contributed by atoms with van der Waals surface area (Å²) in [7, 11) is 3.59. The molecule has 0 aliphatic rings. The van der Waals surface area contributed by atoms with Gasteiger partial charge < -0.3 is 34.5 Å². The lowest BCUT2D eigenvalue weighted by molar-refractivity contribution is -0.153. The van der Waals surface area contributed by atoms with Gasteiger partial charge in [-0.3, -0.25) is 14.4 Å². The normalized spacial score (nSPS) is 12.3. The Morgan fingerprint density at radius 1 is 0.897 bits per heavy atom. The highest BCUT2D eigenvalue weighted by Gasteiger charge is 2.28. The van der Waals surface area contributed by atoms with Gasteiger partial charge in [0.05, 0.1) is 27.2 Å². The third-order valence-electron chi connectivity index (χ3n) is 5.06. The first-order valence-corrected chi connectivity index (χ1v) is 12.1. The second-order valence-corrected chi connectivity index (χ2v) is 9.50. The summed E-state index contributed by atoms with van der Waals surface area (Å²) < 4.78 is 19.6. The summed E-state index contributed by atoms with van der Waals surface area (Å²) in [6, 6.07) is 6.44. The molecule has 0 heterocycles. The lowest BCUT2D eigenvalue weighted by atomic mass is 10.1. The van der Waals surface area contributed by atoms with Gasteiger partial charge in [0.25, 0.3) is 0 Å². The number of benzene rings is 1. The van der Waals surface area contributed by atoms with E-state index in [2.05, 4.69) is 20.1 Å². The van der Waals surface area contributed by atoms with E-state index in [1.807, 2.05) is 6.07 Å². The third-order valence-corrected chi connectivity index (χ3v) is 5.06. The zero-order chi connectivity index (χ0) is 29.6. The number of hydrogen-bond donors (Lipinski definition) is 2. The fraction of sp³-hybridized carbons (Fsp3) is 0.538. The number of rotatable bonds is 13. The number of hydrogen-bond acceptors (Lipinski definition) is 10. The molecule has 0 bridgehead atoms. The number of likely N-dealkylation sites (N-methyl/N-ethyl adjacent to an activating group) is 1. The van der Waals surface area contributed by atoms with Crippen molar-refractivity contribution in [3.63, 3.8) is 0 Å². The minimum atomic E-state index is -1.32. The molecule has 0 spiro atoms. The van der Waals surface area contributed by atoms with Crippen LogP contribution in [-0.4, -0.2) is 86.2 Å². The number of carbonyl (C=O) groups excluding carboxylic acids is 6. The molecule has 39 heavy (non-hydrogen) atoms. The summed E-state index contributed by atoms with van der Waals surface area (Å²) in [5.41, 5.74) is -0.0464. The van der Waals surface area contributed by atoms with Gasteiger partial charge in [-0.15, -0.1) is 0 Å². The van der Waals surface area contributed by atoms with Crippen LogP contribution in [0.3, 0.4) is 0 Å². The van der Waals surface area contributed by atoms with Gasteiger partial charge in [-0.2, -0.15) is 0 Å². The van der Waals surface area contributed by atoms with E-state index in [0.717, 1.165) is 24.7 Å². The van der Waals surface area contributed by atoms with Crippen molar-refractivity contribution in [3.05, 3.63) is 35.9 Å². The zero-order valence-corrected chi connectivity index (χ0v) is 23.1. The van der Waals surface area contributed by atoms with E-state index in [9.17, 15) is 28.8 Å². The topological polar surface area (TPSA) is 167 Å². The van der Waals surface area contributed by atoms with Crippen LogP contribution < -0.4 is 10.6 Å². The molecule has 13 nitrogen and oxygen atoms in total. The smallest absolute Gasteiger partial charge is 0.408 e. The van der Waals surface area contributed by atoms with E-state index in [-0.39, 0.29) is 19.4 Å². The molecule has 0 saturated carbocycles. The third kappa shape index (κ3) is 13.3. The van der Waals surface area contributed by atoms with Gasteiger partial charge in [0, 0.05) is 13.5 Å². The predicted octanol–water partition coefficient (Wildman–Crippen LogP) is 1.08. The predicted molar refractivity (Wildman–Crippen MR) is 137 cm³/mol. The van der Waals surface area contributed by atoms with Gasteiger partial charge in [0.15, 0.2) is 0 Å². The fourth-order valence-corrected chi connectivity index (χ4v) is 3.14. The molecule has 0 aliphatic carbocycles. The largest absolute Gasteiger partial charge is 0.467 e. The van der Waals surface area contributed by atoms with E-state index >= 15 is 0 Å². The Labute approximate surface area is 227 Å². The Hall–Kier alpha value is -4.16. The van der Waals surface area contributed by atoms with Crippen LogP contribution in [0.25, 0.3) is 0 Å². The van der Waals surface area contributed by atoms with Gasteiger partial charge in [-0.05, 0) is 32.8 Å². The van der Waals surface area contributed by atoms with Crippen LogP contribution in [0.15, 0.2) is 30.3 Å². The number of alkyl carbamates (subject to hydrolysis) is 1. The van der Waals surface area contributed by atoms with E-state index in [4.69, 9.17) is 9.47 Å². The second kappa shape index (κ2) is 15.9. The van der Waals surface area contributed by atoms with Crippen LogP contribution in [-0.2, 0) is 49.5 Å². The van der Waals surface area contributed by atoms with Crippen molar-refractivity contribution in [1.29, 1.82) is 0 Å². The highest BCUT2D eigenvalue weighted by Crippen LogP contribution is 2.09. The summed E-state index contributed by atoms with van der Waals surface area (Å²) >= 11 is 0. The summed E-state index contributed by atoms with van der Waals surface area (Å²) in [6.07, 6.45) is -1.66. The minimum absolute atomic E-state index is 0.00585. The SMILES string of the molecule is COC(=O)[C@@H](CC(=O)OCc1ccccc1)NC(=O)CN(C)C(=O)CC[C@@H](NC(=O)OC(C)(C)C)C(=O)OC. The summed E-state index contributed by atoms with van der Waals surface area (Å²) in [4.78, 5) is 74.5. The van der Waals surface area contributed by atoms with Crippen molar-refractivity contribution in [2.45, 2.75) is 64.3 Å². The molecule has 0 aromatic heterocycles. The van der Waals surface area contributed by atoms with Crippen LogP contribution in [0.2, 0.25) is 0 Å². The maximum atomic E-state index is 12.6. The zero-order valence-electron chi connectivity index (χ0n) is 23.1. The molecule has 2 N–H and O–H groups in total. The average Bonchev–Trinajstić information content (AvgIpc) is 2.87. The summed E-state index contributed by atoms with van der Waals surface area (Å²) in [5.74, 6) is -3.61. The number of nitrogens with one attached hydrogen (secondary N) is 2. The summed E-state index contributed by atoms with van der Waals surface area (Å²) in [6.45, 7) is 4.51. The van der Waals surface area contributed by atoms with Crippen LogP contribution >= 0.6 is 0 Å². The van der Waals surface area contributed by atoms with Gasteiger partial charge in [-0.1, -0.05) is 30.3 Å². The Balaban J connectivity index is 2.64. The number of esters is 3. The molecule has 0 fully saturated rings. The van der Waals surface area contributed by atoms with E-state index in [1.165, 1.54) is 7.05 Å². The van der Waals surface area contributed by atoms with Gasteiger partial charge in [0.1, 0.15) is 24.3 Å². The van der Waals surface area contributed by atoms with Gasteiger partial charge in [0.2, 0.25) is 11.8 Å². The number of amides is 3. The van der Waals surface area contributed by atoms with Crippen molar-refractivity contribution in [1.82, 2.24) is 15.5 Å². The number of carbonyl (C=O) groups is 6. The monoisotopic (exact) mass is 551 g/mol. The second-order valence-electron chi connectivity index (χ2n) is 9.50. The molecule has 3 amide bonds.